The summed E-state index contributed by atoms with van der Waals surface area (Å²) < 4.78 is 0. The summed E-state index contributed by atoms with van der Waals surface area (Å²) in [5.74, 6) is 0. The van der Waals surface area contributed by atoms with E-state index in [0.717, 1.165) is 0 Å². The van der Waals surface area contributed by atoms with E-state index in [-0.39, 0.29) is 33.5 Å². The van der Waals surface area contributed by atoms with E-state index in [9.17, 15) is 0 Å². The van der Waals surface area contributed by atoms with Crippen LogP contribution in [0.15, 0.2) is 0 Å². The van der Waals surface area contributed by atoms with Crippen molar-refractivity contribution in [3.63, 3.8) is 0 Å². The Hall–Kier alpha value is -0.460. The topological polar surface area (TPSA) is 435 Å². The molecule has 22 heteroatoms. The molecule has 0 radical (unpaired) electrons. The van der Waals surface area contributed by atoms with Gasteiger partial charge in [-0.15, -0.1) is 0 Å². The number of hydrogen-bond donors (Lipinski definition) is 13. The fourth-order valence-electron chi connectivity index (χ4n) is 0. The lowest BCUT2D eigenvalue weighted by Crippen LogP contribution is -2.07. The second-order valence-corrected chi connectivity index (χ2v) is 1.39. The van der Waals surface area contributed by atoms with E-state index in [1.165, 1.54) is 0 Å². The van der Waals surface area contributed by atoms with Gasteiger partial charge in [0, 0.05) is 0 Å². The zero-order valence-corrected chi connectivity index (χ0v) is 10.9. The van der Waals surface area contributed by atoms with Crippen molar-refractivity contribution in [3.05, 3.63) is 0 Å². The molecule has 0 fully saturated rings. The molecule has 0 aliphatic carbocycles. The van der Waals surface area contributed by atoms with Crippen LogP contribution >= 0.6 is 0 Å². The van der Waals surface area contributed by atoms with Gasteiger partial charge in [-0.25, -0.2) is 0 Å². The first-order valence-electron chi connectivity index (χ1n) is 3.10. The Balaban J connectivity index is -0.00000001000. The Labute approximate surface area is 124 Å². The summed E-state index contributed by atoms with van der Waals surface area (Å²) in [5, 5.41) is 86.0. The molecule has 0 bridgehead atoms. The standard InChI is InChI=1S/4BH3O3.H3N.5H2O/c4*2-1(3)4;;;;;;/h4*2-4H;1H3;5*1H2. The van der Waals surface area contributed by atoms with E-state index in [4.69, 9.17) is 60.3 Å². The van der Waals surface area contributed by atoms with Crippen LogP contribution in [0.25, 0.3) is 0 Å². The van der Waals surface area contributed by atoms with Gasteiger partial charge in [0.2, 0.25) is 0 Å². The predicted octanol–water partition coefficient (Wildman–Crippen LogP) is -12.2. The van der Waals surface area contributed by atoms with Crippen molar-refractivity contribution in [1.29, 1.82) is 0 Å². The fraction of sp³-hybridized carbons (Fsp3) is 0. The molecule has 0 aliphatic heterocycles. The smallest absolute Gasteiger partial charge is 0.412 e. The molecule has 0 aromatic carbocycles. The molecule has 0 atom stereocenters. The first kappa shape index (κ1) is 68.2. The maximum atomic E-state index is 7.17. The molecule has 0 spiro atoms. The molecule has 18 nitrogen and oxygen atoms in total. The van der Waals surface area contributed by atoms with Crippen LogP contribution < -0.4 is 6.15 Å². The summed E-state index contributed by atoms with van der Waals surface area (Å²) in [5.41, 5.74) is 0. The summed E-state index contributed by atoms with van der Waals surface area (Å²) in [6.45, 7) is 0. The molecular weight excluding hydrogens is 329 g/mol. The van der Waals surface area contributed by atoms with Crippen LogP contribution in [0, 0.1) is 0 Å². The van der Waals surface area contributed by atoms with Crippen LogP contribution in [-0.4, -0.2) is 117 Å². The minimum absolute atomic E-state index is 0. The van der Waals surface area contributed by atoms with E-state index in [2.05, 4.69) is 0 Å². The van der Waals surface area contributed by atoms with Crippen molar-refractivity contribution < 1.29 is 87.7 Å². The fourth-order valence-corrected chi connectivity index (χ4v) is 0. The third-order valence-electron chi connectivity index (χ3n) is 0. The Bertz CT molecular complexity index is 63.6. The molecule has 0 amide bonds. The zero-order valence-electron chi connectivity index (χ0n) is 10.9. The van der Waals surface area contributed by atoms with Gasteiger partial charge in [0.05, 0.1) is 0 Å². The third kappa shape index (κ3) is 31700. The average Bonchev–Trinajstić information content (AvgIpc) is 1.76. The van der Waals surface area contributed by atoms with Gasteiger partial charge in [0.25, 0.3) is 0 Å². The minimum atomic E-state index is -2.17. The molecule has 0 aliphatic rings. The monoisotopic (exact) mass is 355 g/mol. The maximum absolute atomic E-state index is 7.17. The van der Waals surface area contributed by atoms with Crippen LogP contribution in [-0.2, 0) is 0 Å². The van der Waals surface area contributed by atoms with E-state index in [1.54, 1.807) is 0 Å². The van der Waals surface area contributed by atoms with Gasteiger partial charge in [0.15, 0.2) is 0 Å². The molecule has 22 heavy (non-hydrogen) atoms. The summed E-state index contributed by atoms with van der Waals surface area (Å²) >= 11 is 0. The number of rotatable bonds is 0. The maximum Gasteiger partial charge on any atom is 0.631 e. The quantitative estimate of drug-likeness (QED) is 0.180. The Morgan fingerprint density at radius 1 is 0.273 bits per heavy atom. The van der Waals surface area contributed by atoms with Crippen molar-refractivity contribution in [2.45, 2.75) is 0 Å². The highest BCUT2D eigenvalue weighted by atomic mass is 16.5. The lowest BCUT2D eigenvalue weighted by molar-refractivity contribution is 0.276. The lowest BCUT2D eigenvalue weighted by atomic mass is 10.3. The first-order chi connectivity index (χ1) is 6.93. The summed E-state index contributed by atoms with van der Waals surface area (Å²) in [6, 6.07) is 0. The molecule has 0 unspecified atom stereocenters. The molecule has 0 saturated carbocycles. The SMILES string of the molecule is N.O.O.O.O.O.OB(O)O.OB(O)O.OB(O)O.OB(O)O. The van der Waals surface area contributed by atoms with Crippen molar-refractivity contribution in [2.24, 2.45) is 0 Å². The summed E-state index contributed by atoms with van der Waals surface area (Å²) in [7, 11) is -8.67. The van der Waals surface area contributed by atoms with Crippen LogP contribution in [0.4, 0.5) is 0 Å². The van der Waals surface area contributed by atoms with Gasteiger partial charge >= 0.3 is 29.3 Å². The highest BCUT2D eigenvalue weighted by Gasteiger charge is 1.93. The number of hydrogen-bond acceptors (Lipinski definition) is 13. The summed E-state index contributed by atoms with van der Waals surface area (Å²) in [4.78, 5) is 0. The van der Waals surface area contributed by atoms with Crippen molar-refractivity contribution in [2.75, 3.05) is 0 Å². The lowest BCUT2D eigenvalue weighted by Gasteiger charge is -1.69. The van der Waals surface area contributed by atoms with Crippen molar-refractivity contribution >= 4 is 29.3 Å². The Morgan fingerprint density at radius 3 is 0.273 bits per heavy atom. The molecular formula is H25B4NO17. The van der Waals surface area contributed by atoms with Crippen molar-refractivity contribution in [3.8, 4) is 0 Å². The van der Waals surface area contributed by atoms with E-state index in [1.807, 2.05) is 0 Å². The average molecular weight is 354 g/mol. The summed E-state index contributed by atoms with van der Waals surface area (Å²) in [6.07, 6.45) is 0. The molecule has 0 aromatic rings. The van der Waals surface area contributed by atoms with Crippen molar-refractivity contribution in [1.82, 2.24) is 6.15 Å². The van der Waals surface area contributed by atoms with Gasteiger partial charge in [-0.05, 0) is 0 Å². The molecule has 0 heterocycles. The van der Waals surface area contributed by atoms with Gasteiger partial charge < -0.3 is 93.8 Å². The normalized spacial score (nSPS) is 4.91. The zero-order chi connectivity index (χ0) is 14.3. The Kier molecular flexibility index (Phi) is 183. The largest absolute Gasteiger partial charge is 0.631 e. The second kappa shape index (κ2) is 58.9. The van der Waals surface area contributed by atoms with Gasteiger partial charge in [-0.1, -0.05) is 0 Å². The highest BCUT2D eigenvalue weighted by molar-refractivity contribution is 6.31. The second-order valence-electron chi connectivity index (χ2n) is 1.39. The first-order valence-corrected chi connectivity index (χ1v) is 3.10. The van der Waals surface area contributed by atoms with Gasteiger partial charge in [0.1, 0.15) is 0 Å². The molecule has 25 N–H and O–H groups in total. The molecule has 0 saturated heterocycles. The third-order valence-corrected chi connectivity index (χ3v) is 0. The molecule has 0 rings (SSSR count). The van der Waals surface area contributed by atoms with E-state index < -0.39 is 29.3 Å². The van der Waals surface area contributed by atoms with Gasteiger partial charge in [-0.2, -0.15) is 0 Å². The minimum Gasteiger partial charge on any atom is -0.412 e. The van der Waals surface area contributed by atoms with Crippen LogP contribution in [0.5, 0.6) is 0 Å². The molecule has 144 valence electrons. The highest BCUT2D eigenvalue weighted by Crippen LogP contribution is 1.41. The Morgan fingerprint density at radius 2 is 0.273 bits per heavy atom. The molecule has 0 aromatic heterocycles. The predicted molar refractivity (Wildman–Crippen MR) is 72.7 cm³/mol. The van der Waals surface area contributed by atoms with Crippen LogP contribution in [0.2, 0.25) is 0 Å². The van der Waals surface area contributed by atoms with Gasteiger partial charge in [-0.3, -0.25) is 0 Å². The van der Waals surface area contributed by atoms with E-state index >= 15 is 0 Å². The van der Waals surface area contributed by atoms with Crippen LogP contribution in [0.3, 0.4) is 0 Å². The van der Waals surface area contributed by atoms with Crippen LogP contribution in [0.1, 0.15) is 0 Å². The van der Waals surface area contributed by atoms with E-state index in [0.29, 0.717) is 0 Å².